The van der Waals surface area contributed by atoms with E-state index in [0.717, 1.165) is 77.0 Å². The topological polar surface area (TPSA) is 78.9 Å². The Labute approximate surface area is 378 Å². The van der Waals surface area contributed by atoms with E-state index in [9.17, 15) is 14.4 Å². The lowest BCUT2D eigenvalue weighted by Crippen LogP contribution is -2.30. The van der Waals surface area contributed by atoms with Gasteiger partial charge in [0.15, 0.2) is 6.10 Å². The van der Waals surface area contributed by atoms with Crippen LogP contribution in [0.3, 0.4) is 0 Å². The first kappa shape index (κ1) is 58.4. The zero-order valence-corrected chi connectivity index (χ0v) is 40.4. The molecule has 0 unspecified atom stereocenters. The van der Waals surface area contributed by atoms with Crippen LogP contribution < -0.4 is 0 Å². The summed E-state index contributed by atoms with van der Waals surface area (Å²) >= 11 is 0. The number of hydrogen-bond donors (Lipinski definition) is 0. The fourth-order valence-corrected chi connectivity index (χ4v) is 7.43. The second kappa shape index (κ2) is 50.0. The largest absolute Gasteiger partial charge is 0.462 e. The van der Waals surface area contributed by atoms with Gasteiger partial charge in [0.25, 0.3) is 0 Å². The van der Waals surface area contributed by atoms with Crippen molar-refractivity contribution in [1.29, 1.82) is 0 Å². The number of allylic oxidation sites excluding steroid dienone is 8. The van der Waals surface area contributed by atoms with Crippen LogP contribution >= 0.6 is 0 Å². The summed E-state index contributed by atoms with van der Waals surface area (Å²) in [6.45, 7) is 6.50. The van der Waals surface area contributed by atoms with Crippen molar-refractivity contribution in [3.63, 3.8) is 0 Å². The standard InChI is InChI=1S/C55H98O6/c1-4-7-10-13-16-19-22-24-26-27-29-30-33-36-39-42-45-48-54(57)60-51-52(50-59-53(56)47-44-41-38-35-32-21-18-15-12-9-6-3)61-55(58)49-46-43-40-37-34-31-28-25-23-20-17-14-11-8-5-2/h8,11,17,20,25,28,34,37,52H,4-7,9-10,12-16,18-19,21-24,26-27,29-33,35-36,38-51H2,1-3H3/b11-8-,20-17-,28-25-,37-34-/t52-/m0/s1. The number of ether oxygens (including phenoxy) is 3. The van der Waals surface area contributed by atoms with Gasteiger partial charge in [0.1, 0.15) is 13.2 Å². The zero-order valence-electron chi connectivity index (χ0n) is 40.4. The molecule has 0 aromatic carbocycles. The van der Waals surface area contributed by atoms with Gasteiger partial charge in [0.05, 0.1) is 0 Å². The van der Waals surface area contributed by atoms with E-state index in [-0.39, 0.29) is 37.5 Å². The minimum absolute atomic E-state index is 0.0861. The van der Waals surface area contributed by atoms with Crippen LogP contribution in [0.1, 0.15) is 265 Å². The fourth-order valence-electron chi connectivity index (χ4n) is 7.43. The van der Waals surface area contributed by atoms with Crippen molar-refractivity contribution in [2.24, 2.45) is 0 Å². The van der Waals surface area contributed by atoms with Gasteiger partial charge in [-0.2, -0.15) is 0 Å². The highest BCUT2D eigenvalue weighted by molar-refractivity contribution is 5.71. The van der Waals surface area contributed by atoms with E-state index in [1.807, 2.05) is 0 Å². The predicted octanol–water partition coefficient (Wildman–Crippen LogP) is 17.1. The monoisotopic (exact) mass is 855 g/mol. The smallest absolute Gasteiger partial charge is 0.306 e. The summed E-state index contributed by atoms with van der Waals surface area (Å²) in [5, 5.41) is 0. The van der Waals surface area contributed by atoms with Gasteiger partial charge in [-0.1, -0.05) is 236 Å². The van der Waals surface area contributed by atoms with Crippen LogP contribution in [-0.2, 0) is 28.6 Å². The Bertz CT molecular complexity index is 1070. The summed E-state index contributed by atoms with van der Waals surface area (Å²) in [5.41, 5.74) is 0. The molecule has 6 nitrogen and oxygen atoms in total. The van der Waals surface area contributed by atoms with Crippen LogP contribution in [0.4, 0.5) is 0 Å². The molecule has 0 aliphatic rings. The molecule has 0 aromatic heterocycles. The third-order valence-electron chi connectivity index (χ3n) is 11.3. The van der Waals surface area contributed by atoms with E-state index in [1.54, 1.807) is 0 Å². The average Bonchev–Trinajstić information content (AvgIpc) is 3.26. The maximum absolute atomic E-state index is 12.8. The molecule has 6 heteroatoms. The molecule has 0 heterocycles. The molecule has 0 N–H and O–H groups in total. The molecule has 0 spiro atoms. The second-order valence-electron chi connectivity index (χ2n) is 17.4. The molecule has 0 radical (unpaired) electrons. The zero-order chi connectivity index (χ0) is 44.4. The van der Waals surface area contributed by atoms with Gasteiger partial charge in [-0.25, -0.2) is 0 Å². The van der Waals surface area contributed by atoms with Gasteiger partial charge in [0, 0.05) is 19.3 Å². The Hall–Kier alpha value is -2.63. The summed E-state index contributed by atoms with van der Waals surface area (Å²) in [7, 11) is 0. The van der Waals surface area contributed by atoms with E-state index >= 15 is 0 Å². The van der Waals surface area contributed by atoms with Gasteiger partial charge in [-0.15, -0.1) is 0 Å². The normalized spacial score (nSPS) is 12.4. The molecule has 0 fully saturated rings. The summed E-state index contributed by atoms with van der Waals surface area (Å²) in [6, 6.07) is 0. The van der Waals surface area contributed by atoms with Crippen molar-refractivity contribution >= 4 is 17.9 Å². The molecular weight excluding hydrogens is 757 g/mol. The lowest BCUT2D eigenvalue weighted by atomic mass is 10.0. The SMILES string of the molecule is CC/C=C\C/C=C\C/C=C\C/C=C\CCCCC(=O)O[C@@H](COC(=O)CCCCCCCCCCCCC)COC(=O)CCCCCCCCCCCCCCCCCCC. The van der Waals surface area contributed by atoms with Crippen LogP contribution in [0.15, 0.2) is 48.6 Å². The number of esters is 3. The number of hydrogen-bond acceptors (Lipinski definition) is 6. The van der Waals surface area contributed by atoms with Crippen LogP contribution in [0.25, 0.3) is 0 Å². The maximum Gasteiger partial charge on any atom is 0.306 e. The first-order valence-corrected chi connectivity index (χ1v) is 26.1. The second-order valence-corrected chi connectivity index (χ2v) is 17.4. The van der Waals surface area contributed by atoms with Gasteiger partial charge >= 0.3 is 17.9 Å². The average molecular weight is 855 g/mol. The molecule has 0 bridgehead atoms. The van der Waals surface area contributed by atoms with E-state index in [1.165, 1.54) is 141 Å². The van der Waals surface area contributed by atoms with Gasteiger partial charge in [-0.3, -0.25) is 14.4 Å². The molecule has 354 valence electrons. The van der Waals surface area contributed by atoms with E-state index in [0.29, 0.717) is 19.3 Å². The van der Waals surface area contributed by atoms with Gasteiger partial charge < -0.3 is 14.2 Å². The Morgan fingerprint density at radius 2 is 0.639 bits per heavy atom. The molecule has 0 saturated heterocycles. The summed E-state index contributed by atoms with van der Waals surface area (Å²) < 4.78 is 16.8. The van der Waals surface area contributed by atoms with Crippen molar-refractivity contribution in [2.75, 3.05) is 13.2 Å². The molecular formula is C55H98O6. The maximum atomic E-state index is 12.8. The lowest BCUT2D eigenvalue weighted by molar-refractivity contribution is -0.167. The summed E-state index contributed by atoms with van der Waals surface area (Å²) in [6.07, 6.45) is 59.6. The van der Waals surface area contributed by atoms with E-state index in [4.69, 9.17) is 14.2 Å². The van der Waals surface area contributed by atoms with Crippen molar-refractivity contribution in [2.45, 2.75) is 271 Å². The van der Waals surface area contributed by atoms with E-state index in [2.05, 4.69) is 69.4 Å². The summed E-state index contributed by atoms with van der Waals surface area (Å²) in [4.78, 5) is 37.9. The fraction of sp³-hybridized carbons (Fsp3) is 0.800. The molecule has 0 aromatic rings. The summed E-state index contributed by atoms with van der Waals surface area (Å²) in [5.74, 6) is -0.919. The number of rotatable bonds is 47. The molecule has 61 heavy (non-hydrogen) atoms. The molecule has 1 atom stereocenters. The predicted molar refractivity (Wildman–Crippen MR) is 261 cm³/mol. The Morgan fingerprint density at radius 1 is 0.344 bits per heavy atom. The minimum atomic E-state index is -0.789. The Morgan fingerprint density at radius 3 is 1.00 bits per heavy atom. The number of carbonyl (C=O) groups excluding carboxylic acids is 3. The molecule has 0 aliphatic carbocycles. The van der Waals surface area contributed by atoms with Crippen molar-refractivity contribution < 1.29 is 28.6 Å². The van der Waals surface area contributed by atoms with E-state index < -0.39 is 6.10 Å². The third-order valence-corrected chi connectivity index (χ3v) is 11.3. The van der Waals surface area contributed by atoms with Crippen LogP contribution in [0.5, 0.6) is 0 Å². The third kappa shape index (κ3) is 48.3. The molecule has 0 rings (SSSR count). The van der Waals surface area contributed by atoms with Crippen LogP contribution in [0, 0.1) is 0 Å². The lowest BCUT2D eigenvalue weighted by Gasteiger charge is -2.18. The van der Waals surface area contributed by atoms with Crippen LogP contribution in [0.2, 0.25) is 0 Å². The van der Waals surface area contributed by atoms with Crippen LogP contribution in [-0.4, -0.2) is 37.2 Å². The highest BCUT2D eigenvalue weighted by Crippen LogP contribution is 2.16. The molecule has 0 amide bonds. The molecule has 0 aliphatic heterocycles. The van der Waals surface area contributed by atoms with Crippen molar-refractivity contribution in [1.82, 2.24) is 0 Å². The minimum Gasteiger partial charge on any atom is -0.462 e. The molecule has 0 saturated carbocycles. The highest BCUT2D eigenvalue weighted by atomic mass is 16.6. The quantitative estimate of drug-likeness (QED) is 0.0263. The Balaban J connectivity index is 4.38. The van der Waals surface area contributed by atoms with Crippen molar-refractivity contribution in [3.8, 4) is 0 Å². The van der Waals surface area contributed by atoms with Gasteiger partial charge in [-0.05, 0) is 57.8 Å². The van der Waals surface area contributed by atoms with Crippen molar-refractivity contribution in [3.05, 3.63) is 48.6 Å². The first-order chi connectivity index (χ1) is 30.0. The number of unbranched alkanes of at least 4 members (excludes halogenated alkanes) is 28. The Kier molecular flexibility index (Phi) is 47.9. The highest BCUT2D eigenvalue weighted by Gasteiger charge is 2.19. The number of carbonyl (C=O) groups is 3. The van der Waals surface area contributed by atoms with Gasteiger partial charge in [0.2, 0.25) is 0 Å². The first-order valence-electron chi connectivity index (χ1n) is 26.1.